The van der Waals surface area contributed by atoms with E-state index < -0.39 is 0 Å². The highest BCUT2D eigenvalue weighted by molar-refractivity contribution is 5.96. The minimum atomic E-state index is 0.283. The standard InChI is InChI=1S/C24H26NO/c1-16-19-8-6-7-9-21(19)26-23(16)22-20-11-10-17(15-24(2,3)4)14-18(20)12-13-25(22)5/h6-14H,15H2,1-5H3/q+1. The molecule has 0 amide bonds. The van der Waals surface area contributed by atoms with E-state index in [4.69, 9.17) is 4.42 Å². The lowest BCUT2D eigenvalue weighted by atomic mass is 9.87. The van der Waals surface area contributed by atoms with E-state index in [-0.39, 0.29) is 5.41 Å². The Hall–Kier alpha value is -2.61. The predicted molar refractivity (Wildman–Crippen MR) is 108 cm³/mol. The molecule has 4 rings (SSSR count). The molecular weight excluding hydrogens is 318 g/mol. The number of aryl methyl sites for hydroxylation is 2. The summed E-state index contributed by atoms with van der Waals surface area (Å²) < 4.78 is 8.43. The van der Waals surface area contributed by atoms with E-state index in [1.165, 1.54) is 27.3 Å². The number of furan rings is 1. The first-order valence-corrected chi connectivity index (χ1v) is 9.23. The third kappa shape index (κ3) is 2.90. The van der Waals surface area contributed by atoms with Crippen LogP contribution in [0.25, 0.3) is 33.2 Å². The molecule has 0 unspecified atom stereocenters. The summed E-state index contributed by atoms with van der Waals surface area (Å²) in [5.74, 6) is 0.961. The Morgan fingerprint density at radius 2 is 1.73 bits per heavy atom. The lowest BCUT2D eigenvalue weighted by molar-refractivity contribution is -0.659. The molecule has 2 heteroatoms. The fourth-order valence-electron chi connectivity index (χ4n) is 3.83. The lowest BCUT2D eigenvalue weighted by Crippen LogP contribution is -2.30. The summed E-state index contributed by atoms with van der Waals surface area (Å²) in [5.41, 5.74) is 4.94. The van der Waals surface area contributed by atoms with Crippen LogP contribution in [0.15, 0.2) is 59.1 Å². The van der Waals surface area contributed by atoms with Crippen LogP contribution in [0.4, 0.5) is 0 Å². The summed E-state index contributed by atoms with van der Waals surface area (Å²) in [4.78, 5) is 0. The van der Waals surface area contributed by atoms with Gasteiger partial charge in [0.05, 0.1) is 5.39 Å². The van der Waals surface area contributed by atoms with Crippen LogP contribution in [0.2, 0.25) is 0 Å². The van der Waals surface area contributed by atoms with Crippen molar-refractivity contribution in [2.45, 2.75) is 34.1 Å². The average Bonchev–Trinajstić information content (AvgIpc) is 2.90. The Morgan fingerprint density at radius 1 is 0.962 bits per heavy atom. The zero-order valence-electron chi connectivity index (χ0n) is 16.3. The first-order chi connectivity index (χ1) is 12.3. The average molecular weight is 344 g/mol. The van der Waals surface area contributed by atoms with Gasteiger partial charge in [0.25, 0.3) is 5.69 Å². The highest BCUT2D eigenvalue weighted by Crippen LogP contribution is 2.35. The minimum absolute atomic E-state index is 0.283. The Balaban J connectivity index is 1.94. The summed E-state index contributed by atoms with van der Waals surface area (Å²) in [6.07, 6.45) is 3.20. The van der Waals surface area contributed by atoms with Crippen molar-refractivity contribution in [2.75, 3.05) is 0 Å². The minimum Gasteiger partial charge on any atom is -0.449 e. The Labute approximate surface area is 155 Å². The third-order valence-corrected chi connectivity index (χ3v) is 4.99. The van der Waals surface area contributed by atoms with Gasteiger partial charge in [0.1, 0.15) is 12.6 Å². The normalized spacial score (nSPS) is 12.2. The Bertz CT molecular complexity index is 1110. The van der Waals surface area contributed by atoms with Crippen molar-refractivity contribution >= 4 is 21.7 Å². The zero-order valence-corrected chi connectivity index (χ0v) is 16.3. The SMILES string of the molecule is Cc1c(-c2c3ccc(CC(C)(C)C)cc3cc[n+]2C)oc2ccccc12. The van der Waals surface area contributed by atoms with Crippen LogP contribution in [0.3, 0.4) is 0 Å². The Kier molecular flexibility index (Phi) is 3.87. The van der Waals surface area contributed by atoms with E-state index in [9.17, 15) is 0 Å². The molecule has 0 saturated heterocycles. The van der Waals surface area contributed by atoms with E-state index in [0.717, 1.165) is 23.5 Å². The lowest BCUT2D eigenvalue weighted by Gasteiger charge is -2.18. The maximum Gasteiger partial charge on any atom is 0.256 e. The molecule has 0 aliphatic heterocycles. The molecule has 0 spiro atoms. The first kappa shape index (κ1) is 16.8. The zero-order chi connectivity index (χ0) is 18.5. The largest absolute Gasteiger partial charge is 0.449 e. The van der Waals surface area contributed by atoms with E-state index in [1.807, 2.05) is 12.1 Å². The summed E-state index contributed by atoms with van der Waals surface area (Å²) in [7, 11) is 2.09. The van der Waals surface area contributed by atoms with E-state index in [2.05, 4.69) is 81.9 Å². The van der Waals surface area contributed by atoms with Gasteiger partial charge in [0.2, 0.25) is 5.76 Å². The summed E-state index contributed by atoms with van der Waals surface area (Å²) in [5, 5.41) is 3.68. The fourth-order valence-corrected chi connectivity index (χ4v) is 3.83. The van der Waals surface area contributed by atoms with E-state index >= 15 is 0 Å². The predicted octanol–water partition coefficient (Wildman–Crippen LogP) is 5.97. The summed E-state index contributed by atoms with van der Waals surface area (Å²) in [6.45, 7) is 9.00. The van der Waals surface area contributed by atoms with Crippen LogP contribution in [-0.4, -0.2) is 0 Å². The van der Waals surface area contributed by atoms with Gasteiger partial charge in [-0.2, -0.15) is 4.57 Å². The molecule has 2 heterocycles. The van der Waals surface area contributed by atoms with Gasteiger partial charge < -0.3 is 4.42 Å². The van der Waals surface area contributed by atoms with Crippen LogP contribution in [-0.2, 0) is 13.5 Å². The van der Waals surface area contributed by atoms with Crippen LogP contribution < -0.4 is 4.57 Å². The molecule has 4 aromatic rings. The van der Waals surface area contributed by atoms with Gasteiger partial charge in [-0.25, -0.2) is 0 Å². The first-order valence-electron chi connectivity index (χ1n) is 9.23. The number of fused-ring (bicyclic) bond motifs is 2. The molecule has 0 saturated carbocycles. The molecule has 0 radical (unpaired) electrons. The second kappa shape index (κ2) is 5.98. The highest BCUT2D eigenvalue weighted by atomic mass is 16.3. The maximum absolute atomic E-state index is 6.26. The van der Waals surface area contributed by atoms with E-state index in [1.54, 1.807) is 0 Å². The third-order valence-electron chi connectivity index (χ3n) is 4.99. The second-order valence-electron chi connectivity index (χ2n) is 8.49. The molecule has 0 aliphatic rings. The van der Waals surface area contributed by atoms with Crippen LogP contribution in [0.1, 0.15) is 31.9 Å². The molecule has 2 aromatic heterocycles. The van der Waals surface area contributed by atoms with Gasteiger partial charge in [-0.05, 0) is 41.8 Å². The van der Waals surface area contributed by atoms with Crippen molar-refractivity contribution in [3.05, 3.63) is 65.9 Å². The maximum atomic E-state index is 6.26. The molecule has 26 heavy (non-hydrogen) atoms. The summed E-state index contributed by atoms with van der Waals surface area (Å²) in [6, 6.07) is 17.3. The molecule has 0 bridgehead atoms. The van der Waals surface area contributed by atoms with Crippen molar-refractivity contribution in [3.63, 3.8) is 0 Å². The number of aromatic nitrogens is 1. The number of hydrogen-bond acceptors (Lipinski definition) is 1. The number of para-hydroxylation sites is 1. The summed E-state index contributed by atoms with van der Waals surface area (Å²) >= 11 is 0. The van der Waals surface area contributed by atoms with Crippen molar-refractivity contribution in [1.82, 2.24) is 0 Å². The highest BCUT2D eigenvalue weighted by Gasteiger charge is 2.23. The molecule has 2 nitrogen and oxygen atoms in total. The van der Waals surface area contributed by atoms with Crippen molar-refractivity contribution in [2.24, 2.45) is 12.5 Å². The monoisotopic (exact) mass is 344 g/mol. The molecule has 0 atom stereocenters. The molecule has 0 aliphatic carbocycles. The molecule has 0 fully saturated rings. The van der Waals surface area contributed by atoms with Gasteiger partial charge in [0.15, 0.2) is 6.20 Å². The van der Waals surface area contributed by atoms with Crippen molar-refractivity contribution in [3.8, 4) is 11.5 Å². The van der Waals surface area contributed by atoms with E-state index in [0.29, 0.717) is 0 Å². The molecule has 132 valence electrons. The Morgan fingerprint density at radius 3 is 2.46 bits per heavy atom. The van der Waals surface area contributed by atoms with Crippen molar-refractivity contribution < 1.29 is 8.98 Å². The molecule has 2 aromatic carbocycles. The molecule has 0 N–H and O–H groups in total. The smallest absolute Gasteiger partial charge is 0.256 e. The van der Waals surface area contributed by atoms with Gasteiger partial charge in [0, 0.05) is 17.0 Å². The molecular formula is C24H26NO+. The van der Waals surface area contributed by atoms with Gasteiger partial charge >= 0.3 is 0 Å². The second-order valence-corrected chi connectivity index (χ2v) is 8.49. The van der Waals surface area contributed by atoms with Gasteiger partial charge in [-0.1, -0.05) is 51.1 Å². The number of benzene rings is 2. The van der Waals surface area contributed by atoms with Crippen LogP contribution in [0, 0.1) is 12.3 Å². The van der Waals surface area contributed by atoms with Gasteiger partial charge in [-0.15, -0.1) is 0 Å². The van der Waals surface area contributed by atoms with Crippen LogP contribution in [0.5, 0.6) is 0 Å². The number of nitrogens with zero attached hydrogens (tertiary/aromatic N) is 1. The van der Waals surface area contributed by atoms with Gasteiger partial charge in [-0.3, -0.25) is 0 Å². The topological polar surface area (TPSA) is 17.0 Å². The van der Waals surface area contributed by atoms with Crippen LogP contribution >= 0.6 is 0 Å². The number of rotatable bonds is 2. The number of pyridine rings is 1. The number of hydrogen-bond donors (Lipinski definition) is 0. The van der Waals surface area contributed by atoms with Crippen molar-refractivity contribution in [1.29, 1.82) is 0 Å². The fraction of sp³-hybridized carbons (Fsp3) is 0.292. The quantitative estimate of drug-likeness (QED) is 0.409.